The molecule has 0 bridgehead atoms. The third kappa shape index (κ3) is 3.40. The predicted molar refractivity (Wildman–Crippen MR) is 74.6 cm³/mol. The van der Waals surface area contributed by atoms with Crippen LogP contribution < -0.4 is 10.4 Å². The van der Waals surface area contributed by atoms with Gasteiger partial charge in [-0.25, -0.2) is 0 Å². The van der Waals surface area contributed by atoms with Crippen LogP contribution in [-0.2, 0) is 0 Å². The van der Waals surface area contributed by atoms with Crippen LogP contribution in [0.5, 0.6) is 0 Å². The highest BCUT2D eigenvalue weighted by Gasteiger charge is 2.04. The van der Waals surface area contributed by atoms with E-state index in [1.807, 2.05) is 53.5 Å². The second kappa shape index (κ2) is 6.16. The van der Waals surface area contributed by atoms with Crippen molar-refractivity contribution >= 4 is 23.0 Å². The van der Waals surface area contributed by atoms with E-state index in [1.54, 1.807) is 0 Å². The summed E-state index contributed by atoms with van der Waals surface area (Å²) in [7, 11) is 0. The summed E-state index contributed by atoms with van der Waals surface area (Å²) in [6, 6.07) is 20.2. The third-order valence-electron chi connectivity index (χ3n) is 2.41. The van der Waals surface area contributed by atoms with Crippen LogP contribution in [0.3, 0.4) is 0 Å². The Balaban J connectivity index is 2.13. The first-order valence-electron chi connectivity index (χ1n) is 5.60. The summed E-state index contributed by atoms with van der Waals surface area (Å²) in [6.07, 6.45) is 0. The molecule has 0 fully saturated rings. The molecular weight excluding hydrogens is 232 g/mol. The predicted octanol–water partition coefficient (Wildman–Crippen LogP) is 3.76. The smallest absolute Gasteiger partial charge is 0.0572 e. The number of alkyl halides is 1. The maximum Gasteiger partial charge on any atom is 0.0572 e. The Morgan fingerprint density at radius 3 is 2.06 bits per heavy atom. The lowest BCUT2D eigenvalue weighted by Crippen LogP contribution is -2.31. The maximum atomic E-state index is 5.83. The third-order valence-corrected chi connectivity index (χ3v) is 2.58. The Morgan fingerprint density at radius 1 is 0.882 bits per heavy atom. The molecule has 2 nitrogen and oxygen atoms in total. The zero-order valence-electron chi connectivity index (χ0n) is 9.51. The highest BCUT2D eigenvalue weighted by atomic mass is 35.5. The lowest BCUT2D eigenvalue weighted by molar-refractivity contribution is 0.953. The molecule has 0 saturated carbocycles. The van der Waals surface area contributed by atoms with Gasteiger partial charge in [-0.3, -0.25) is 10.4 Å². The molecule has 0 saturated heterocycles. The molecule has 0 spiro atoms. The molecule has 17 heavy (non-hydrogen) atoms. The molecule has 0 aliphatic rings. The van der Waals surface area contributed by atoms with Crippen LogP contribution in [0.1, 0.15) is 0 Å². The summed E-state index contributed by atoms with van der Waals surface area (Å²) in [5.41, 5.74) is 5.51. The molecule has 2 aromatic carbocycles. The van der Waals surface area contributed by atoms with E-state index in [0.717, 1.165) is 17.9 Å². The van der Waals surface area contributed by atoms with Crippen molar-refractivity contribution in [2.24, 2.45) is 0 Å². The second-order valence-corrected chi connectivity index (χ2v) is 4.03. The minimum absolute atomic E-state index is 0.578. The van der Waals surface area contributed by atoms with Crippen LogP contribution in [0.25, 0.3) is 0 Å². The van der Waals surface area contributed by atoms with Gasteiger partial charge in [0.25, 0.3) is 0 Å². The number of nitrogens with zero attached hydrogens (tertiary/aromatic N) is 1. The van der Waals surface area contributed by atoms with Gasteiger partial charge < -0.3 is 0 Å². The van der Waals surface area contributed by atoms with Crippen LogP contribution in [0, 0.1) is 0 Å². The van der Waals surface area contributed by atoms with Crippen LogP contribution >= 0.6 is 11.6 Å². The molecule has 1 N–H and O–H groups in total. The number of hydrogen-bond donors (Lipinski definition) is 1. The van der Waals surface area contributed by atoms with Crippen LogP contribution in [0.15, 0.2) is 60.7 Å². The Labute approximate surface area is 107 Å². The quantitative estimate of drug-likeness (QED) is 0.638. The number of anilines is 2. The van der Waals surface area contributed by atoms with E-state index >= 15 is 0 Å². The van der Waals surface area contributed by atoms with Crippen molar-refractivity contribution in [1.82, 2.24) is 0 Å². The van der Waals surface area contributed by atoms with E-state index in [0.29, 0.717) is 5.88 Å². The topological polar surface area (TPSA) is 15.3 Å². The van der Waals surface area contributed by atoms with Gasteiger partial charge in [0.2, 0.25) is 0 Å². The number of nitrogens with one attached hydrogen (secondary N) is 1. The first-order chi connectivity index (χ1) is 8.40. The highest BCUT2D eigenvalue weighted by Crippen LogP contribution is 2.15. The zero-order chi connectivity index (χ0) is 11.9. The Bertz CT molecular complexity index is 430. The van der Waals surface area contributed by atoms with Gasteiger partial charge in [0.15, 0.2) is 0 Å². The number of rotatable bonds is 5. The van der Waals surface area contributed by atoms with Gasteiger partial charge >= 0.3 is 0 Å². The minimum Gasteiger partial charge on any atom is -0.298 e. The number of benzene rings is 2. The van der Waals surface area contributed by atoms with Crippen LogP contribution in [0.2, 0.25) is 0 Å². The van der Waals surface area contributed by atoms with E-state index in [2.05, 4.69) is 17.6 Å². The zero-order valence-corrected chi connectivity index (χ0v) is 10.3. The number of para-hydroxylation sites is 2. The number of hydrogen-bond acceptors (Lipinski definition) is 2. The van der Waals surface area contributed by atoms with E-state index in [9.17, 15) is 0 Å². The molecule has 0 aliphatic carbocycles. The molecule has 0 atom stereocenters. The van der Waals surface area contributed by atoms with Crippen molar-refractivity contribution in [3.63, 3.8) is 0 Å². The fourth-order valence-electron chi connectivity index (χ4n) is 1.61. The Morgan fingerprint density at radius 2 is 1.47 bits per heavy atom. The molecule has 0 aromatic heterocycles. The van der Waals surface area contributed by atoms with E-state index < -0.39 is 0 Å². The molecule has 0 amide bonds. The summed E-state index contributed by atoms with van der Waals surface area (Å²) in [5, 5.41) is 2.04. The molecule has 3 heteroatoms. The highest BCUT2D eigenvalue weighted by molar-refractivity contribution is 6.18. The maximum absolute atomic E-state index is 5.83. The molecule has 0 heterocycles. The Kier molecular flexibility index (Phi) is 4.28. The van der Waals surface area contributed by atoms with Gasteiger partial charge in [-0.1, -0.05) is 36.4 Å². The average Bonchev–Trinajstić information content (AvgIpc) is 2.40. The molecule has 0 radical (unpaired) electrons. The first-order valence-corrected chi connectivity index (χ1v) is 6.14. The van der Waals surface area contributed by atoms with Crippen molar-refractivity contribution in [2.45, 2.75) is 0 Å². The normalized spacial score (nSPS) is 9.94. The molecule has 88 valence electrons. The van der Waals surface area contributed by atoms with Gasteiger partial charge in [0.1, 0.15) is 0 Å². The molecular formula is C14H15ClN2. The minimum atomic E-state index is 0.578. The van der Waals surface area contributed by atoms with E-state index in [4.69, 9.17) is 11.6 Å². The molecule has 2 rings (SSSR count). The van der Waals surface area contributed by atoms with Crippen LogP contribution in [0.4, 0.5) is 11.4 Å². The summed E-state index contributed by atoms with van der Waals surface area (Å²) in [5.74, 6) is 0.578. The van der Waals surface area contributed by atoms with Gasteiger partial charge in [-0.15, -0.1) is 11.6 Å². The van der Waals surface area contributed by atoms with Gasteiger partial charge in [-0.05, 0) is 24.3 Å². The SMILES string of the molecule is ClCCN(Nc1ccccc1)c1ccccc1. The van der Waals surface area contributed by atoms with Gasteiger partial charge in [0.05, 0.1) is 17.9 Å². The average molecular weight is 247 g/mol. The molecule has 0 aliphatic heterocycles. The number of halogens is 1. The summed E-state index contributed by atoms with van der Waals surface area (Å²) in [6.45, 7) is 0.750. The standard InChI is InChI=1S/C14H15ClN2/c15-11-12-17(14-9-5-2-6-10-14)16-13-7-3-1-4-8-13/h1-10,16H,11-12H2. The fraction of sp³-hybridized carbons (Fsp3) is 0.143. The van der Waals surface area contributed by atoms with Crippen molar-refractivity contribution in [2.75, 3.05) is 22.9 Å². The first kappa shape index (κ1) is 11.8. The number of hydrazine groups is 1. The van der Waals surface area contributed by atoms with E-state index in [1.165, 1.54) is 0 Å². The summed E-state index contributed by atoms with van der Waals surface area (Å²) < 4.78 is 0. The summed E-state index contributed by atoms with van der Waals surface area (Å²) >= 11 is 5.83. The monoisotopic (exact) mass is 246 g/mol. The largest absolute Gasteiger partial charge is 0.298 e. The van der Waals surface area contributed by atoms with Crippen molar-refractivity contribution in [3.05, 3.63) is 60.7 Å². The summed E-state index contributed by atoms with van der Waals surface area (Å²) in [4.78, 5) is 0. The van der Waals surface area contributed by atoms with Gasteiger partial charge in [0, 0.05) is 5.88 Å². The Hall–Kier alpha value is -1.67. The second-order valence-electron chi connectivity index (χ2n) is 3.65. The van der Waals surface area contributed by atoms with Crippen molar-refractivity contribution in [3.8, 4) is 0 Å². The molecule has 0 unspecified atom stereocenters. The van der Waals surface area contributed by atoms with Crippen molar-refractivity contribution < 1.29 is 0 Å². The van der Waals surface area contributed by atoms with Crippen LogP contribution in [-0.4, -0.2) is 12.4 Å². The van der Waals surface area contributed by atoms with Crippen molar-refractivity contribution in [1.29, 1.82) is 0 Å². The fourth-order valence-corrected chi connectivity index (χ4v) is 1.78. The van der Waals surface area contributed by atoms with E-state index in [-0.39, 0.29) is 0 Å². The lowest BCUT2D eigenvalue weighted by Gasteiger charge is -2.25. The van der Waals surface area contributed by atoms with Gasteiger partial charge in [-0.2, -0.15) is 0 Å². The lowest BCUT2D eigenvalue weighted by atomic mass is 10.3. The molecule has 2 aromatic rings.